The van der Waals surface area contributed by atoms with E-state index >= 15 is 0 Å². The molecule has 0 aliphatic rings. The maximum Gasteiger partial charge on any atom is 0.275 e. The first-order valence-electron chi connectivity index (χ1n) is 6.06. The fraction of sp³-hybridized carbons (Fsp3) is 0.0667. The predicted octanol–water partition coefficient (Wildman–Crippen LogP) is 2.63. The molecule has 2 N–H and O–H groups in total. The van der Waals surface area contributed by atoms with Crippen molar-refractivity contribution in [3.05, 3.63) is 58.9 Å². The van der Waals surface area contributed by atoms with Crippen LogP contribution in [0.5, 0.6) is 0 Å². The van der Waals surface area contributed by atoms with Crippen LogP contribution in [0, 0.1) is 0 Å². The van der Waals surface area contributed by atoms with Gasteiger partial charge in [0.2, 0.25) is 0 Å². The summed E-state index contributed by atoms with van der Waals surface area (Å²) in [4.78, 5) is 19.5. The first kappa shape index (κ1) is 11.5. The molecular weight excluding hydrogens is 238 g/mol. The molecule has 0 atom stereocenters. The summed E-state index contributed by atoms with van der Waals surface area (Å²) in [5.74, 6) is 0. The molecule has 0 spiro atoms. The van der Waals surface area contributed by atoms with Crippen LogP contribution in [0.1, 0.15) is 0 Å². The number of H-pyrrole nitrogens is 1. The lowest BCUT2D eigenvalue weighted by Gasteiger charge is -2.08. The van der Waals surface area contributed by atoms with Crippen molar-refractivity contribution in [2.45, 2.75) is 0 Å². The molecule has 0 fully saturated rings. The van der Waals surface area contributed by atoms with E-state index in [2.05, 4.69) is 15.3 Å². The number of nitrogens with one attached hydrogen (secondary N) is 2. The van der Waals surface area contributed by atoms with Crippen LogP contribution in [-0.2, 0) is 0 Å². The summed E-state index contributed by atoms with van der Waals surface area (Å²) in [6, 6.07) is 15.1. The predicted molar refractivity (Wildman–Crippen MR) is 77.3 cm³/mol. The molecule has 0 bridgehead atoms. The molecule has 94 valence electrons. The molecule has 4 nitrogen and oxygen atoms in total. The van der Waals surface area contributed by atoms with Crippen LogP contribution in [0.3, 0.4) is 0 Å². The molecular formula is C15H13N3O. The highest BCUT2D eigenvalue weighted by Crippen LogP contribution is 2.24. The Labute approximate surface area is 110 Å². The fourth-order valence-corrected chi connectivity index (χ4v) is 2.12. The molecule has 3 aromatic rings. The molecule has 0 saturated carbocycles. The zero-order valence-corrected chi connectivity index (χ0v) is 10.5. The van der Waals surface area contributed by atoms with E-state index in [4.69, 9.17) is 0 Å². The lowest BCUT2D eigenvalue weighted by molar-refractivity contribution is 1.22. The maximum atomic E-state index is 12.2. The summed E-state index contributed by atoms with van der Waals surface area (Å²) in [5, 5.41) is 3.08. The van der Waals surface area contributed by atoms with Crippen molar-refractivity contribution < 1.29 is 0 Å². The third-order valence-electron chi connectivity index (χ3n) is 3.05. The van der Waals surface area contributed by atoms with Gasteiger partial charge in [-0.1, -0.05) is 30.3 Å². The second kappa shape index (κ2) is 4.57. The number of benzene rings is 2. The average molecular weight is 251 g/mol. The molecule has 4 heteroatoms. The zero-order chi connectivity index (χ0) is 13.2. The van der Waals surface area contributed by atoms with Crippen molar-refractivity contribution in [3.8, 4) is 11.3 Å². The summed E-state index contributed by atoms with van der Waals surface area (Å²) < 4.78 is 0. The quantitative estimate of drug-likeness (QED) is 0.736. The van der Waals surface area contributed by atoms with E-state index in [0.29, 0.717) is 5.69 Å². The van der Waals surface area contributed by atoms with Crippen LogP contribution in [0.15, 0.2) is 53.3 Å². The van der Waals surface area contributed by atoms with Gasteiger partial charge in [0.1, 0.15) is 5.69 Å². The molecule has 0 amide bonds. The Kier molecular flexibility index (Phi) is 2.76. The molecule has 0 saturated heterocycles. The summed E-state index contributed by atoms with van der Waals surface area (Å²) in [7, 11) is 1.83. The molecule has 1 heterocycles. The number of rotatable bonds is 2. The number of aromatic amines is 1. The number of hydrogen-bond donors (Lipinski definition) is 2. The first-order chi connectivity index (χ1) is 9.29. The molecule has 3 rings (SSSR count). The van der Waals surface area contributed by atoms with Crippen LogP contribution >= 0.6 is 0 Å². The number of aromatic nitrogens is 2. The average Bonchev–Trinajstić information content (AvgIpc) is 2.46. The minimum absolute atomic E-state index is 0.179. The standard InChI is InChI=1S/C15H13N3O/c1-16-11-7-3-2-6-10(11)14-15(19)18-13-9-5-4-8-12(13)17-14/h2-9,16H,1H3,(H,18,19). The number of anilines is 1. The van der Waals surface area contributed by atoms with Gasteiger partial charge in [0, 0.05) is 18.3 Å². The van der Waals surface area contributed by atoms with Gasteiger partial charge in [-0.05, 0) is 18.2 Å². The van der Waals surface area contributed by atoms with Crippen LogP contribution in [-0.4, -0.2) is 17.0 Å². The molecule has 0 aliphatic carbocycles. The lowest BCUT2D eigenvalue weighted by atomic mass is 10.1. The Bertz CT molecular complexity index is 792. The number of hydrogen-bond acceptors (Lipinski definition) is 3. The van der Waals surface area contributed by atoms with Crippen LogP contribution in [0.4, 0.5) is 5.69 Å². The summed E-state index contributed by atoms with van der Waals surface area (Å²) >= 11 is 0. The van der Waals surface area contributed by atoms with Crippen molar-refractivity contribution in [1.29, 1.82) is 0 Å². The SMILES string of the molecule is CNc1ccccc1-c1nc2ccccc2[nH]c1=O. The maximum absolute atomic E-state index is 12.2. The third-order valence-corrected chi connectivity index (χ3v) is 3.05. The summed E-state index contributed by atoms with van der Waals surface area (Å²) in [5.41, 5.74) is 3.47. The van der Waals surface area contributed by atoms with Gasteiger partial charge >= 0.3 is 0 Å². The van der Waals surface area contributed by atoms with Gasteiger partial charge in [-0.25, -0.2) is 4.98 Å². The summed E-state index contributed by atoms with van der Waals surface area (Å²) in [6.45, 7) is 0. The third kappa shape index (κ3) is 1.97. The van der Waals surface area contributed by atoms with Gasteiger partial charge in [0.05, 0.1) is 11.0 Å². The van der Waals surface area contributed by atoms with Gasteiger partial charge in [-0.3, -0.25) is 4.79 Å². The lowest BCUT2D eigenvalue weighted by Crippen LogP contribution is -2.12. The number of para-hydroxylation sites is 3. The Balaban J connectivity index is 2.30. The minimum atomic E-state index is -0.179. The minimum Gasteiger partial charge on any atom is -0.388 e. The highest BCUT2D eigenvalue weighted by molar-refractivity contribution is 5.80. The van der Waals surface area contributed by atoms with E-state index < -0.39 is 0 Å². The molecule has 1 aromatic heterocycles. The van der Waals surface area contributed by atoms with E-state index in [1.54, 1.807) is 0 Å². The second-order valence-electron chi connectivity index (χ2n) is 4.23. The largest absolute Gasteiger partial charge is 0.388 e. The topological polar surface area (TPSA) is 57.8 Å². The second-order valence-corrected chi connectivity index (χ2v) is 4.23. The number of fused-ring (bicyclic) bond motifs is 1. The van der Waals surface area contributed by atoms with Crippen molar-refractivity contribution in [3.63, 3.8) is 0 Å². The van der Waals surface area contributed by atoms with Gasteiger partial charge in [-0.2, -0.15) is 0 Å². The van der Waals surface area contributed by atoms with Crippen LogP contribution in [0.25, 0.3) is 22.3 Å². The van der Waals surface area contributed by atoms with Crippen molar-refractivity contribution in [1.82, 2.24) is 9.97 Å². The Morgan fingerprint density at radius 3 is 2.63 bits per heavy atom. The van der Waals surface area contributed by atoms with E-state index in [9.17, 15) is 4.79 Å². The highest BCUT2D eigenvalue weighted by atomic mass is 16.1. The molecule has 2 aromatic carbocycles. The monoisotopic (exact) mass is 251 g/mol. The van der Waals surface area contributed by atoms with E-state index in [1.165, 1.54) is 0 Å². The summed E-state index contributed by atoms with van der Waals surface area (Å²) in [6.07, 6.45) is 0. The first-order valence-corrected chi connectivity index (χ1v) is 6.06. The van der Waals surface area contributed by atoms with Crippen LogP contribution in [0.2, 0.25) is 0 Å². The van der Waals surface area contributed by atoms with Gasteiger partial charge in [-0.15, -0.1) is 0 Å². The fourth-order valence-electron chi connectivity index (χ4n) is 2.12. The van der Waals surface area contributed by atoms with Gasteiger partial charge < -0.3 is 10.3 Å². The van der Waals surface area contributed by atoms with Crippen molar-refractivity contribution >= 4 is 16.7 Å². The Hall–Kier alpha value is -2.62. The molecule has 0 unspecified atom stereocenters. The van der Waals surface area contributed by atoms with Crippen LogP contribution < -0.4 is 10.9 Å². The number of nitrogens with zero attached hydrogens (tertiary/aromatic N) is 1. The van der Waals surface area contributed by atoms with Crippen molar-refractivity contribution in [2.24, 2.45) is 0 Å². The molecule has 0 radical (unpaired) electrons. The van der Waals surface area contributed by atoms with Crippen molar-refractivity contribution in [2.75, 3.05) is 12.4 Å². The molecule has 0 aliphatic heterocycles. The molecule has 19 heavy (non-hydrogen) atoms. The highest BCUT2D eigenvalue weighted by Gasteiger charge is 2.10. The van der Waals surface area contributed by atoms with E-state index in [1.807, 2.05) is 55.6 Å². The van der Waals surface area contributed by atoms with Gasteiger partial charge in [0.15, 0.2) is 0 Å². The van der Waals surface area contributed by atoms with Gasteiger partial charge in [0.25, 0.3) is 5.56 Å². The Morgan fingerprint density at radius 1 is 1.05 bits per heavy atom. The smallest absolute Gasteiger partial charge is 0.275 e. The Morgan fingerprint density at radius 2 is 1.79 bits per heavy atom. The normalized spacial score (nSPS) is 10.6. The van der Waals surface area contributed by atoms with E-state index in [0.717, 1.165) is 22.3 Å². The zero-order valence-electron chi connectivity index (χ0n) is 10.5. The van der Waals surface area contributed by atoms with E-state index in [-0.39, 0.29) is 5.56 Å².